The molecule has 0 bridgehead atoms. The van der Waals surface area contributed by atoms with Crippen LogP contribution in [0, 0.1) is 0 Å². The first-order valence-electron chi connectivity index (χ1n) is 6.73. The third kappa shape index (κ3) is 5.00. The van der Waals surface area contributed by atoms with Gasteiger partial charge in [-0.15, -0.1) is 0 Å². The van der Waals surface area contributed by atoms with Gasteiger partial charge in [-0.2, -0.15) is 5.10 Å². The number of ether oxygens (including phenoxy) is 2. The molecule has 0 fully saturated rings. The quantitative estimate of drug-likeness (QED) is 0.599. The lowest BCUT2D eigenvalue weighted by Gasteiger charge is -2.12. The molecule has 2 aromatic carbocycles. The van der Waals surface area contributed by atoms with Gasteiger partial charge in [-0.25, -0.2) is 10.2 Å². The van der Waals surface area contributed by atoms with E-state index in [1.54, 1.807) is 7.11 Å². The number of primary amides is 1. The standard InChI is InChI=1S/C16H16BrN3O3/c1-22-14-7-6-11(9-19-20-16(18)21)8-12(14)10-23-15-5-3-2-4-13(15)17/h2-9H,10H2,1H3,(H3,18,20,21). The third-order valence-electron chi connectivity index (χ3n) is 2.91. The Morgan fingerprint density at radius 2 is 2.09 bits per heavy atom. The van der Waals surface area contributed by atoms with E-state index in [-0.39, 0.29) is 0 Å². The van der Waals surface area contributed by atoms with E-state index in [1.807, 2.05) is 42.5 Å². The maximum atomic E-state index is 10.6. The summed E-state index contributed by atoms with van der Waals surface area (Å²) in [7, 11) is 1.60. The van der Waals surface area contributed by atoms with Crippen molar-refractivity contribution in [1.29, 1.82) is 0 Å². The van der Waals surface area contributed by atoms with Gasteiger partial charge in [0.1, 0.15) is 18.1 Å². The van der Waals surface area contributed by atoms with Crippen LogP contribution < -0.4 is 20.6 Å². The molecule has 2 amide bonds. The van der Waals surface area contributed by atoms with Gasteiger partial charge in [0.15, 0.2) is 0 Å². The van der Waals surface area contributed by atoms with E-state index in [9.17, 15) is 4.79 Å². The summed E-state index contributed by atoms with van der Waals surface area (Å²) in [6, 6.07) is 12.4. The van der Waals surface area contributed by atoms with Crippen molar-refractivity contribution in [2.24, 2.45) is 10.8 Å². The van der Waals surface area contributed by atoms with Crippen molar-refractivity contribution in [3.63, 3.8) is 0 Å². The summed E-state index contributed by atoms with van der Waals surface area (Å²) in [4.78, 5) is 10.6. The lowest BCUT2D eigenvalue weighted by atomic mass is 10.1. The summed E-state index contributed by atoms with van der Waals surface area (Å²) in [5.41, 5.74) is 8.73. The van der Waals surface area contributed by atoms with Gasteiger partial charge in [0.2, 0.25) is 0 Å². The minimum absolute atomic E-state index is 0.330. The van der Waals surface area contributed by atoms with E-state index < -0.39 is 6.03 Å². The van der Waals surface area contributed by atoms with Crippen LogP contribution in [0.2, 0.25) is 0 Å². The van der Waals surface area contributed by atoms with E-state index in [0.29, 0.717) is 12.4 Å². The molecular formula is C16H16BrN3O3. The van der Waals surface area contributed by atoms with Crippen molar-refractivity contribution >= 4 is 28.2 Å². The van der Waals surface area contributed by atoms with Crippen LogP contribution in [-0.4, -0.2) is 19.4 Å². The summed E-state index contributed by atoms with van der Waals surface area (Å²) >= 11 is 3.44. The predicted octanol–water partition coefficient (Wildman–Crippen LogP) is 3.04. The summed E-state index contributed by atoms with van der Waals surface area (Å²) in [5.74, 6) is 1.45. The molecule has 0 atom stereocenters. The number of hydrazone groups is 1. The van der Waals surface area contributed by atoms with Crippen LogP contribution >= 0.6 is 15.9 Å². The average Bonchev–Trinajstić information content (AvgIpc) is 2.54. The molecule has 0 aliphatic rings. The lowest BCUT2D eigenvalue weighted by molar-refractivity contribution is 0.249. The maximum Gasteiger partial charge on any atom is 0.332 e. The van der Waals surface area contributed by atoms with Crippen LogP contribution in [0.15, 0.2) is 52.0 Å². The van der Waals surface area contributed by atoms with Gasteiger partial charge < -0.3 is 15.2 Å². The third-order valence-corrected chi connectivity index (χ3v) is 3.57. The Balaban J connectivity index is 2.14. The Labute approximate surface area is 142 Å². The largest absolute Gasteiger partial charge is 0.496 e. The second kappa shape index (κ2) is 8.19. The van der Waals surface area contributed by atoms with Crippen molar-refractivity contribution in [2.45, 2.75) is 6.61 Å². The van der Waals surface area contributed by atoms with Crippen LogP contribution in [0.4, 0.5) is 4.79 Å². The Bertz CT molecular complexity index is 719. The van der Waals surface area contributed by atoms with Gasteiger partial charge in [-0.1, -0.05) is 12.1 Å². The number of methoxy groups -OCH3 is 1. The fourth-order valence-electron chi connectivity index (χ4n) is 1.88. The average molecular weight is 378 g/mol. The van der Waals surface area contributed by atoms with Crippen molar-refractivity contribution in [1.82, 2.24) is 5.43 Å². The zero-order valence-corrected chi connectivity index (χ0v) is 14.0. The number of nitrogens with two attached hydrogens (primary N) is 1. The first-order chi connectivity index (χ1) is 11.1. The number of urea groups is 1. The van der Waals surface area contributed by atoms with Crippen molar-refractivity contribution in [3.05, 3.63) is 58.1 Å². The predicted molar refractivity (Wildman–Crippen MR) is 91.8 cm³/mol. The number of para-hydroxylation sites is 1. The van der Waals surface area contributed by atoms with E-state index >= 15 is 0 Å². The normalized spacial score (nSPS) is 10.5. The van der Waals surface area contributed by atoms with Gasteiger partial charge in [-0.05, 0) is 51.8 Å². The molecule has 0 radical (unpaired) electrons. The molecule has 2 rings (SSSR count). The van der Waals surface area contributed by atoms with E-state index in [2.05, 4.69) is 26.5 Å². The summed E-state index contributed by atoms with van der Waals surface area (Å²) in [6.45, 7) is 0.330. The second-order valence-corrected chi connectivity index (χ2v) is 5.38. The number of hydrogen-bond donors (Lipinski definition) is 2. The number of carbonyl (C=O) groups is 1. The first kappa shape index (κ1) is 16.8. The molecule has 0 spiro atoms. The Morgan fingerprint density at radius 1 is 1.30 bits per heavy atom. The first-order valence-corrected chi connectivity index (χ1v) is 7.52. The molecule has 0 aliphatic heterocycles. The fourth-order valence-corrected chi connectivity index (χ4v) is 2.28. The molecular weight excluding hydrogens is 362 g/mol. The molecule has 6 nitrogen and oxygen atoms in total. The molecule has 2 aromatic rings. The van der Waals surface area contributed by atoms with Crippen molar-refractivity contribution in [3.8, 4) is 11.5 Å². The van der Waals surface area contributed by atoms with Crippen molar-refractivity contribution < 1.29 is 14.3 Å². The van der Waals surface area contributed by atoms with Crippen LogP contribution in [0.3, 0.4) is 0 Å². The van der Waals surface area contributed by atoms with E-state index in [0.717, 1.165) is 21.3 Å². The molecule has 0 saturated heterocycles. The Kier molecular flexibility index (Phi) is 5.99. The number of carbonyl (C=O) groups excluding carboxylic acids is 1. The highest BCUT2D eigenvalue weighted by Gasteiger charge is 2.06. The highest BCUT2D eigenvalue weighted by molar-refractivity contribution is 9.10. The number of hydrogen-bond acceptors (Lipinski definition) is 4. The topological polar surface area (TPSA) is 85.9 Å². The highest BCUT2D eigenvalue weighted by atomic mass is 79.9. The van der Waals surface area contributed by atoms with E-state index in [1.165, 1.54) is 6.21 Å². The van der Waals surface area contributed by atoms with Gasteiger partial charge >= 0.3 is 6.03 Å². The molecule has 0 unspecified atom stereocenters. The van der Waals surface area contributed by atoms with E-state index in [4.69, 9.17) is 15.2 Å². The lowest BCUT2D eigenvalue weighted by Crippen LogP contribution is -2.24. The van der Waals surface area contributed by atoms with Crippen LogP contribution in [-0.2, 0) is 6.61 Å². The number of halogens is 1. The minimum Gasteiger partial charge on any atom is -0.496 e. The molecule has 7 heteroatoms. The summed E-state index contributed by atoms with van der Waals surface area (Å²) < 4.78 is 12.0. The van der Waals surface area contributed by atoms with Crippen LogP contribution in [0.25, 0.3) is 0 Å². The molecule has 0 aromatic heterocycles. The minimum atomic E-state index is -0.716. The maximum absolute atomic E-state index is 10.6. The molecule has 0 aliphatic carbocycles. The van der Waals surface area contributed by atoms with Gasteiger partial charge in [0.05, 0.1) is 17.8 Å². The van der Waals surface area contributed by atoms with Crippen LogP contribution in [0.5, 0.6) is 11.5 Å². The smallest absolute Gasteiger partial charge is 0.332 e. The zero-order valence-electron chi connectivity index (χ0n) is 12.5. The summed E-state index contributed by atoms with van der Waals surface area (Å²) in [5, 5.41) is 3.73. The van der Waals surface area contributed by atoms with Gasteiger partial charge in [-0.3, -0.25) is 0 Å². The Hall–Kier alpha value is -2.54. The second-order valence-electron chi connectivity index (χ2n) is 4.52. The molecule has 0 heterocycles. The zero-order chi connectivity index (χ0) is 16.7. The number of amides is 2. The number of benzene rings is 2. The molecule has 23 heavy (non-hydrogen) atoms. The molecule has 0 saturated carbocycles. The Morgan fingerprint density at radius 3 is 2.78 bits per heavy atom. The monoisotopic (exact) mass is 377 g/mol. The van der Waals surface area contributed by atoms with Gasteiger partial charge in [0.25, 0.3) is 0 Å². The van der Waals surface area contributed by atoms with Crippen molar-refractivity contribution in [2.75, 3.05) is 7.11 Å². The fraction of sp³-hybridized carbons (Fsp3) is 0.125. The summed E-state index contributed by atoms with van der Waals surface area (Å²) in [6.07, 6.45) is 1.49. The SMILES string of the molecule is COc1ccc(C=NNC(N)=O)cc1COc1ccccc1Br. The molecule has 3 N–H and O–H groups in total. The molecule has 120 valence electrons. The number of nitrogens with zero attached hydrogens (tertiary/aromatic N) is 1. The number of nitrogens with one attached hydrogen (secondary N) is 1. The van der Waals surface area contributed by atoms with Crippen LogP contribution in [0.1, 0.15) is 11.1 Å². The van der Waals surface area contributed by atoms with Gasteiger partial charge in [0, 0.05) is 5.56 Å². The number of rotatable bonds is 6. The highest BCUT2D eigenvalue weighted by Crippen LogP contribution is 2.27.